The van der Waals surface area contributed by atoms with Gasteiger partial charge >= 0.3 is 5.97 Å². The molecule has 1 aromatic carbocycles. The molecule has 0 atom stereocenters. The van der Waals surface area contributed by atoms with Crippen molar-refractivity contribution in [2.24, 2.45) is 5.73 Å². The fourth-order valence-corrected chi connectivity index (χ4v) is 1.84. The standard InChI is InChI=1S/C14H12N2O3.FH/c15-13(17)12-6-2-1-4-10(12)8-16-7-3-5-11(9-16)14(18)19;/h1-7,9H,8H2,(H2-,15,17,18,19);1H. The highest BCUT2D eigenvalue weighted by molar-refractivity contribution is 5.94. The van der Waals surface area contributed by atoms with E-state index in [-0.39, 0.29) is 10.3 Å². The van der Waals surface area contributed by atoms with E-state index in [1.165, 1.54) is 12.3 Å². The number of hydrogen-bond donors (Lipinski definition) is 2. The number of pyridine rings is 1. The van der Waals surface area contributed by atoms with E-state index >= 15 is 0 Å². The van der Waals surface area contributed by atoms with Crippen molar-refractivity contribution >= 4 is 11.9 Å². The Morgan fingerprint density at radius 3 is 2.50 bits per heavy atom. The third-order valence-corrected chi connectivity index (χ3v) is 2.74. The largest absolute Gasteiger partial charge is 1.00 e. The number of carboxylic acids is 1. The summed E-state index contributed by atoms with van der Waals surface area (Å²) < 4.78 is 1.70. The van der Waals surface area contributed by atoms with Crippen LogP contribution in [0.3, 0.4) is 0 Å². The van der Waals surface area contributed by atoms with Gasteiger partial charge in [-0.05, 0) is 12.1 Å². The second-order valence-corrected chi connectivity index (χ2v) is 4.09. The van der Waals surface area contributed by atoms with E-state index in [1.807, 2.05) is 6.07 Å². The van der Waals surface area contributed by atoms with Gasteiger partial charge in [0.05, 0.1) is 0 Å². The predicted molar refractivity (Wildman–Crippen MR) is 67.7 cm³/mol. The van der Waals surface area contributed by atoms with Gasteiger partial charge in [0, 0.05) is 17.2 Å². The molecule has 20 heavy (non-hydrogen) atoms. The summed E-state index contributed by atoms with van der Waals surface area (Å²) in [7, 11) is 0. The maximum atomic E-state index is 11.3. The highest BCUT2D eigenvalue weighted by Crippen LogP contribution is 2.07. The number of carbonyl (C=O) groups is 2. The van der Waals surface area contributed by atoms with Crippen LogP contribution in [0.2, 0.25) is 0 Å². The van der Waals surface area contributed by atoms with E-state index in [4.69, 9.17) is 10.8 Å². The van der Waals surface area contributed by atoms with Gasteiger partial charge in [0.15, 0.2) is 18.9 Å². The first-order valence-electron chi connectivity index (χ1n) is 5.68. The number of benzene rings is 1. The highest BCUT2D eigenvalue weighted by atomic mass is 19.0. The number of hydrogen-bond acceptors (Lipinski definition) is 2. The van der Waals surface area contributed by atoms with Crippen molar-refractivity contribution in [3.63, 3.8) is 0 Å². The first-order valence-corrected chi connectivity index (χ1v) is 5.68. The molecule has 1 heterocycles. The van der Waals surface area contributed by atoms with Gasteiger partial charge in [-0.25, -0.2) is 4.79 Å². The van der Waals surface area contributed by atoms with Crippen molar-refractivity contribution in [2.75, 3.05) is 0 Å². The number of halogens is 1. The summed E-state index contributed by atoms with van der Waals surface area (Å²) in [5.74, 6) is -1.48. The number of primary amides is 1. The zero-order valence-electron chi connectivity index (χ0n) is 10.5. The molecule has 104 valence electrons. The van der Waals surface area contributed by atoms with Gasteiger partial charge in [-0.1, -0.05) is 18.2 Å². The SMILES string of the molecule is NC(=O)c1ccccc1C[n+]1cccc(C(=O)O)c1.[F-]. The molecule has 0 saturated heterocycles. The first-order chi connectivity index (χ1) is 9.08. The Kier molecular flexibility index (Phi) is 4.91. The summed E-state index contributed by atoms with van der Waals surface area (Å²) in [4.78, 5) is 22.2. The maximum absolute atomic E-state index is 11.3. The van der Waals surface area contributed by atoms with Gasteiger partial charge in [0.2, 0.25) is 5.91 Å². The number of amides is 1. The molecule has 5 nitrogen and oxygen atoms in total. The molecule has 0 unspecified atom stereocenters. The van der Waals surface area contributed by atoms with Crippen LogP contribution in [0.4, 0.5) is 0 Å². The molecule has 0 fully saturated rings. The number of rotatable bonds is 4. The summed E-state index contributed by atoms with van der Waals surface area (Å²) in [5, 5.41) is 8.93. The molecule has 3 N–H and O–H groups in total. The Hall–Kier alpha value is -2.76. The molecule has 0 aliphatic rings. The van der Waals surface area contributed by atoms with E-state index < -0.39 is 11.9 Å². The van der Waals surface area contributed by atoms with Gasteiger partial charge in [-0.2, -0.15) is 4.57 Å². The lowest BCUT2D eigenvalue weighted by Crippen LogP contribution is -3.00. The lowest BCUT2D eigenvalue weighted by molar-refractivity contribution is -0.688. The van der Waals surface area contributed by atoms with Crippen molar-refractivity contribution in [3.8, 4) is 0 Å². The lowest BCUT2D eigenvalue weighted by atomic mass is 10.1. The molecule has 1 aromatic heterocycles. The van der Waals surface area contributed by atoms with Crippen LogP contribution in [0.25, 0.3) is 0 Å². The van der Waals surface area contributed by atoms with Gasteiger partial charge in [0.1, 0.15) is 5.56 Å². The summed E-state index contributed by atoms with van der Waals surface area (Å²) in [6.45, 7) is 0.389. The van der Waals surface area contributed by atoms with Crippen LogP contribution in [0, 0.1) is 0 Å². The Morgan fingerprint density at radius 1 is 1.15 bits per heavy atom. The van der Waals surface area contributed by atoms with Crippen molar-refractivity contribution < 1.29 is 24.0 Å². The number of aromatic carboxylic acids is 1. The van der Waals surface area contributed by atoms with Crippen molar-refractivity contribution in [1.82, 2.24) is 0 Å². The first kappa shape index (κ1) is 15.3. The molecule has 6 heteroatoms. The van der Waals surface area contributed by atoms with Crippen LogP contribution in [-0.2, 0) is 6.54 Å². The van der Waals surface area contributed by atoms with E-state index in [0.717, 1.165) is 5.56 Å². The zero-order valence-corrected chi connectivity index (χ0v) is 10.5. The molecule has 2 rings (SSSR count). The van der Waals surface area contributed by atoms with Crippen LogP contribution in [0.1, 0.15) is 26.3 Å². The number of carboxylic acid groups (broad SMARTS) is 1. The Morgan fingerprint density at radius 2 is 1.85 bits per heavy atom. The fourth-order valence-electron chi connectivity index (χ4n) is 1.84. The second-order valence-electron chi connectivity index (χ2n) is 4.09. The summed E-state index contributed by atoms with van der Waals surface area (Å²) in [5.41, 5.74) is 6.69. The quantitative estimate of drug-likeness (QED) is 0.623. The highest BCUT2D eigenvalue weighted by Gasteiger charge is 2.13. The topological polar surface area (TPSA) is 84.3 Å². The van der Waals surface area contributed by atoms with Crippen LogP contribution >= 0.6 is 0 Å². The monoisotopic (exact) mass is 276 g/mol. The van der Waals surface area contributed by atoms with E-state index in [0.29, 0.717) is 12.1 Å². The van der Waals surface area contributed by atoms with Gasteiger partial charge in [0.25, 0.3) is 0 Å². The normalized spacial score (nSPS) is 9.60. The van der Waals surface area contributed by atoms with Crippen LogP contribution < -0.4 is 15.0 Å². The average Bonchev–Trinajstić information content (AvgIpc) is 2.39. The number of nitrogens with zero attached hydrogens (tertiary/aromatic N) is 1. The molecule has 1 amide bonds. The van der Waals surface area contributed by atoms with Crippen LogP contribution in [0.15, 0.2) is 48.8 Å². The second kappa shape index (κ2) is 6.42. The minimum atomic E-state index is -0.988. The molecule has 0 spiro atoms. The molecule has 0 aliphatic carbocycles. The number of carbonyl (C=O) groups excluding carboxylic acids is 1. The molecular weight excluding hydrogens is 263 g/mol. The van der Waals surface area contributed by atoms with Crippen LogP contribution in [-0.4, -0.2) is 17.0 Å². The zero-order chi connectivity index (χ0) is 13.8. The van der Waals surface area contributed by atoms with Crippen molar-refractivity contribution in [2.45, 2.75) is 6.54 Å². The third kappa shape index (κ3) is 3.38. The Balaban J connectivity index is 0.00000200. The molecule has 0 saturated carbocycles. The fraction of sp³-hybridized carbons (Fsp3) is 0.0714. The average molecular weight is 276 g/mol. The van der Waals surface area contributed by atoms with E-state index in [9.17, 15) is 9.59 Å². The molecular formula is C14H13FN2O3. The molecule has 0 radical (unpaired) electrons. The molecule has 0 bridgehead atoms. The van der Waals surface area contributed by atoms with E-state index in [2.05, 4.69) is 0 Å². The minimum absolute atomic E-state index is 0. The third-order valence-electron chi connectivity index (χ3n) is 2.74. The summed E-state index contributed by atoms with van der Waals surface area (Å²) in [6, 6.07) is 10.2. The van der Waals surface area contributed by atoms with Crippen molar-refractivity contribution in [3.05, 3.63) is 65.5 Å². The van der Waals surface area contributed by atoms with Gasteiger partial charge < -0.3 is 15.5 Å². The lowest BCUT2D eigenvalue weighted by Gasteiger charge is -2.03. The predicted octanol–water partition coefficient (Wildman–Crippen LogP) is -2.18. The minimum Gasteiger partial charge on any atom is -1.00 e. The Bertz CT molecular complexity index is 644. The molecule has 0 aliphatic heterocycles. The molecule has 2 aromatic rings. The Labute approximate surface area is 114 Å². The number of nitrogens with two attached hydrogens (primary N) is 1. The summed E-state index contributed by atoms with van der Waals surface area (Å²) in [6.07, 6.45) is 3.25. The van der Waals surface area contributed by atoms with Crippen molar-refractivity contribution in [1.29, 1.82) is 0 Å². The maximum Gasteiger partial charge on any atom is 0.341 e. The van der Waals surface area contributed by atoms with Crippen LogP contribution in [0.5, 0.6) is 0 Å². The smallest absolute Gasteiger partial charge is 0.341 e. The van der Waals surface area contributed by atoms with Gasteiger partial charge in [-0.15, -0.1) is 0 Å². The number of aromatic nitrogens is 1. The van der Waals surface area contributed by atoms with E-state index in [1.54, 1.807) is 35.0 Å². The van der Waals surface area contributed by atoms with Gasteiger partial charge in [-0.3, -0.25) is 4.79 Å². The summed E-state index contributed by atoms with van der Waals surface area (Å²) >= 11 is 0.